The molecule has 1 saturated heterocycles. The molecule has 118 valence electrons. The second-order valence-electron chi connectivity index (χ2n) is 6.24. The van der Waals surface area contributed by atoms with E-state index in [0.29, 0.717) is 12.1 Å². The van der Waals surface area contributed by atoms with Gasteiger partial charge in [0.2, 0.25) is 0 Å². The summed E-state index contributed by atoms with van der Waals surface area (Å²) in [5.41, 5.74) is 2.66. The van der Waals surface area contributed by atoms with Crippen LogP contribution in [0.4, 0.5) is 5.69 Å². The Balaban J connectivity index is 2.04. The molecule has 1 unspecified atom stereocenters. The summed E-state index contributed by atoms with van der Waals surface area (Å²) in [7, 11) is 0. The van der Waals surface area contributed by atoms with Crippen molar-refractivity contribution in [1.82, 2.24) is 10.2 Å². The molecule has 1 aliphatic rings. The van der Waals surface area contributed by atoms with Crippen molar-refractivity contribution in [3.63, 3.8) is 0 Å². The maximum Gasteiger partial charge on any atom is 0.0511 e. The lowest BCUT2D eigenvalue weighted by molar-refractivity contribution is 0.199. The van der Waals surface area contributed by atoms with Crippen LogP contribution in [0.3, 0.4) is 0 Å². The summed E-state index contributed by atoms with van der Waals surface area (Å²) in [6.45, 7) is 14.4. The number of piperazine rings is 1. The van der Waals surface area contributed by atoms with E-state index in [1.807, 2.05) is 0 Å². The van der Waals surface area contributed by atoms with E-state index in [0.717, 1.165) is 32.7 Å². The molecule has 0 aliphatic carbocycles. The van der Waals surface area contributed by atoms with E-state index in [4.69, 9.17) is 0 Å². The van der Waals surface area contributed by atoms with E-state index >= 15 is 0 Å². The van der Waals surface area contributed by atoms with Gasteiger partial charge < -0.3 is 10.2 Å². The summed E-state index contributed by atoms with van der Waals surface area (Å²) in [6.07, 6.45) is 0. The highest BCUT2D eigenvalue weighted by molar-refractivity contribution is 9.10. The van der Waals surface area contributed by atoms with Crippen LogP contribution in [0.1, 0.15) is 33.3 Å². The Bertz CT molecular complexity index is 461. The predicted molar refractivity (Wildman–Crippen MR) is 95.0 cm³/mol. The molecule has 0 aromatic heterocycles. The number of benzene rings is 1. The lowest BCUT2D eigenvalue weighted by atomic mass is 10.1. The predicted octanol–water partition coefficient (Wildman–Crippen LogP) is 3.48. The van der Waals surface area contributed by atoms with Crippen LogP contribution in [-0.4, -0.2) is 43.2 Å². The molecule has 2 rings (SSSR count). The highest BCUT2D eigenvalue weighted by atomic mass is 79.9. The molecular weight excluding hydrogens is 326 g/mol. The van der Waals surface area contributed by atoms with Crippen LogP contribution in [0.25, 0.3) is 0 Å². The molecule has 1 aliphatic heterocycles. The Morgan fingerprint density at radius 1 is 1.33 bits per heavy atom. The summed E-state index contributed by atoms with van der Waals surface area (Å²) in [6, 6.07) is 7.90. The first-order valence-corrected chi connectivity index (χ1v) is 8.81. The maximum absolute atomic E-state index is 3.76. The summed E-state index contributed by atoms with van der Waals surface area (Å²) < 4.78 is 1.21. The Morgan fingerprint density at radius 3 is 2.67 bits per heavy atom. The van der Waals surface area contributed by atoms with Gasteiger partial charge in [-0.25, -0.2) is 0 Å². The summed E-state index contributed by atoms with van der Waals surface area (Å²) in [5, 5.41) is 3.47. The van der Waals surface area contributed by atoms with Crippen molar-refractivity contribution in [2.24, 2.45) is 0 Å². The number of hydrogen-bond donors (Lipinski definition) is 1. The van der Waals surface area contributed by atoms with E-state index in [-0.39, 0.29) is 0 Å². The smallest absolute Gasteiger partial charge is 0.0511 e. The first kappa shape index (κ1) is 16.8. The zero-order valence-electron chi connectivity index (χ0n) is 13.7. The minimum atomic E-state index is 0.520. The van der Waals surface area contributed by atoms with E-state index < -0.39 is 0 Å². The lowest BCUT2D eigenvalue weighted by Gasteiger charge is -2.40. The topological polar surface area (TPSA) is 18.5 Å². The normalized spacial score (nSPS) is 20.3. The molecule has 0 radical (unpaired) electrons. The number of likely N-dealkylation sites (N-methyl/N-ethyl adjacent to an activating group) is 1. The van der Waals surface area contributed by atoms with Gasteiger partial charge in [0.15, 0.2) is 0 Å². The Morgan fingerprint density at radius 2 is 2.10 bits per heavy atom. The lowest BCUT2D eigenvalue weighted by Crippen LogP contribution is -2.51. The molecule has 0 amide bonds. The maximum atomic E-state index is 3.76. The molecule has 0 spiro atoms. The first-order valence-electron chi connectivity index (χ1n) is 8.02. The van der Waals surface area contributed by atoms with Crippen LogP contribution in [0.15, 0.2) is 22.7 Å². The van der Waals surface area contributed by atoms with Gasteiger partial charge in [-0.05, 0) is 47.1 Å². The molecule has 1 N–H and O–H groups in total. The van der Waals surface area contributed by atoms with Crippen LogP contribution < -0.4 is 10.2 Å². The molecule has 4 heteroatoms. The second kappa shape index (κ2) is 7.61. The van der Waals surface area contributed by atoms with Gasteiger partial charge in [0, 0.05) is 42.7 Å². The van der Waals surface area contributed by atoms with Crippen molar-refractivity contribution in [3.05, 3.63) is 28.2 Å². The Hall–Kier alpha value is -0.580. The average Bonchev–Trinajstić information content (AvgIpc) is 2.45. The van der Waals surface area contributed by atoms with Gasteiger partial charge in [-0.3, -0.25) is 4.90 Å². The fourth-order valence-electron chi connectivity index (χ4n) is 2.92. The molecule has 1 aromatic rings. The van der Waals surface area contributed by atoms with Crippen molar-refractivity contribution >= 4 is 21.6 Å². The summed E-state index contributed by atoms with van der Waals surface area (Å²) in [4.78, 5) is 5.05. The third-order valence-electron chi connectivity index (χ3n) is 4.24. The molecule has 3 nitrogen and oxygen atoms in total. The van der Waals surface area contributed by atoms with Gasteiger partial charge in [-0.15, -0.1) is 0 Å². The number of hydrogen-bond acceptors (Lipinski definition) is 3. The monoisotopic (exact) mass is 353 g/mol. The number of nitrogens with zero attached hydrogens (tertiary/aromatic N) is 2. The molecular formula is C17H28BrN3. The van der Waals surface area contributed by atoms with E-state index in [1.54, 1.807) is 0 Å². The van der Waals surface area contributed by atoms with Gasteiger partial charge in [0.05, 0.1) is 5.69 Å². The fraction of sp³-hybridized carbons (Fsp3) is 0.647. The summed E-state index contributed by atoms with van der Waals surface area (Å²) in [5.74, 6) is 0. The van der Waals surface area contributed by atoms with Gasteiger partial charge in [0.25, 0.3) is 0 Å². The number of anilines is 1. The molecule has 21 heavy (non-hydrogen) atoms. The average molecular weight is 354 g/mol. The Kier molecular flexibility index (Phi) is 6.08. The molecule has 1 atom stereocenters. The van der Waals surface area contributed by atoms with Gasteiger partial charge in [0.1, 0.15) is 0 Å². The fourth-order valence-corrected chi connectivity index (χ4v) is 3.60. The molecule has 0 saturated carbocycles. The molecule has 1 heterocycles. The minimum absolute atomic E-state index is 0.520. The van der Waals surface area contributed by atoms with Crippen LogP contribution in [0, 0.1) is 0 Å². The standard InChI is InChI=1S/C17H28BrN3/c1-5-20-8-9-21(12-14(20)4)17-7-6-15(10-16(17)18)11-19-13(2)3/h6-7,10,13-14,19H,5,8-9,11-12H2,1-4H3. The SMILES string of the molecule is CCN1CCN(c2ccc(CNC(C)C)cc2Br)CC1C. The Labute approximate surface area is 137 Å². The quantitative estimate of drug-likeness (QED) is 0.874. The first-order chi connectivity index (χ1) is 10.0. The van der Waals surface area contributed by atoms with Crippen LogP contribution in [-0.2, 0) is 6.54 Å². The number of rotatable bonds is 5. The summed E-state index contributed by atoms with van der Waals surface area (Å²) >= 11 is 3.76. The number of nitrogens with one attached hydrogen (secondary N) is 1. The van der Waals surface area contributed by atoms with Gasteiger partial charge in [-0.1, -0.05) is 26.8 Å². The van der Waals surface area contributed by atoms with Crippen LogP contribution >= 0.6 is 15.9 Å². The van der Waals surface area contributed by atoms with Gasteiger partial charge in [-0.2, -0.15) is 0 Å². The van der Waals surface area contributed by atoms with Gasteiger partial charge >= 0.3 is 0 Å². The van der Waals surface area contributed by atoms with E-state index in [2.05, 4.69) is 76.9 Å². The highest BCUT2D eigenvalue weighted by Gasteiger charge is 2.23. The third kappa shape index (κ3) is 4.44. The second-order valence-corrected chi connectivity index (χ2v) is 7.10. The zero-order chi connectivity index (χ0) is 15.4. The van der Waals surface area contributed by atoms with Crippen molar-refractivity contribution in [3.8, 4) is 0 Å². The third-order valence-corrected chi connectivity index (χ3v) is 4.87. The van der Waals surface area contributed by atoms with E-state index in [9.17, 15) is 0 Å². The van der Waals surface area contributed by atoms with Crippen molar-refractivity contribution in [1.29, 1.82) is 0 Å². The zero-order valence-corrected chi connectivity index (χ0v) is 15.3. The van der Waals surface area contributed by atoms with Crippen molar-refractivity contribution < 1.29 is 0 Å². The molecule has 1 aromatic carbocycles. The largest absolute Gasteiger partial charge is 0.368 e. The van der Waals surface area contributed by atoms with Crippen LogP contribution in [0.2, 0.25) is 0 Å². The van der Waals surface area contributed by atoms with Crippen molar-refractivity contribution in [2.75, 3.05) is 31.1 Å². The van der Waals surface area contributed by atoms with Crippen LogP contribution in [0.5, 0.6) is 0 Å². The minimum Gasteiger partial charge on any atom is -0.368 e. The molecule has 0 bridgehead atoms. The highest BCUT2D eigenvalue weighted by Crippen LogP contribution is 2.29. The molecule has 1 fully saturated rings. The van der Waals surface area contributed by atoms with E-state index in [1.165, 1.54) is 15.7 Å². The van der Waals surface area contributed by atoms with Crippen molar-refractivity contribution in [2.45, 2.75) is 46.3 Å². The number of halogens is 1.